The number of anilines is 1. The Labute approximate surface area is 80.7 Å². The van der Waals surface area contributed by atoms with Crippen LogP contribution in [-0.4, -0.2) is 29.3 Å². The molecule has 0 saturated carbocycles. The highest BCUT2D eigenvalue weighted by Crippen LogP contribution is 2.21. The van der Waals surface area contributed by atoms with Crippen LogP contribution in [0, 0.1) is 0 Å². The van der Waals surface area contributed by atoms with E-state index in [2.05, 4.69) is 10.3 Å². The highest BCUT2D eigenvalue weighted by atomic mass is 16.5. The van der Waals surface area contributed by atoms with Crippen LogP contribution in [-0.2, 0) is 0 Å². The summed E-state index contributed by atoms with van der Waals surface area (Å²) in [5, 5.41) is 10.9. The lowest BCUT2D eigenvalue weighted by Crippen LogP contribution is -2.20. The first-order valence-electron chi connectivity index (χ1n) is 3.98. The molecule has 1 rings (SSSR count). The average Bonchev–Trinajstić information content (AvgIpc) is 2.16. The van der Waals surface area contributed by atoms with Gasteiger partial charge in [0.05, 0.1) is 12.8 Å². The van der Waals surface area contributed by atoms with Crippen molar-refractivity contribution in [2.24, 2.45) is 5.73 Å². The Morgan fingerprint density at radius 2 is 2.50 bits per heavy atom. The minimum Gasteiger partial charge on any atom is -0.489 e. The summed E-state index contributed by atoms with van der Waals surface area (Å²) in [6.07, 6.45) is 2.93. The number of aromatic nitrogens is 1. The molecule has 1 aromatic heterocycles. The van der Waals surface area contributed by atoms with Gasteiger partial charge < -0.3 is 20.9 Å². The number of ether oxygens (including phenoxy) is 1. The van der Waals surface area contributed by atoms with E-state index in [-0.39, 0.29) is 13.2 Å². The van der Waals surface area contributed by atoms with Crippen molar-refractivity contribution in [3.63, 3.8) is 0 Å². The SMILES string of the molecule is NC(=O)Nc1cnccc1OCCO. The largest absolute Gasteiger partial charge is 0.489 e. The van der Waals surface area contributed by atoms with Gasteiger partial charge in [0.15, 0.2) is 0 Å². The van der Waals surface area contributed by atoms with Gasteiger partial charge >= 0.3 is 6.03 Å². The number of nitrogens with zero attached hydrogens (tertiary/aromatic N) is 1. The van der Waals surface area contributed by atoms with Gasteiger partial charge in [0.1, 0.15) is 18.0 Å². The van der Waals surface area contributed by atoms with Crippen molar-refractivity contribution in [1.82, 2.24) is 4.98 Å². The summed E-state index contributed by atoms with van der Waals surface area (Å²) in [5.74, 6) is 0.424. The van der Waals surface area contributed by atoms with Crippen LogP contribution in [0.5, 0.6) is 5.75 Å². The quantitative estimate of drug-likeness (QED) is 0.630. The molecule has 0 aliphatic heterocycles. The van der Waals surface area contributed by atoms with Crippen LogP contribution < -0.4 is 15.8 Å². The van der Waals surface area contributed by atoms with Gasteiger partial charge in [0.2, 0.25) is 0 Å². The molecule has 4 N–H and O–H groups in total. The fraction of sp³-hybridized carbons (Fsp3) is 0.250. The summed E-state index contributed by atoms with van der Waals surface area (Å²) in [7, 11) is 0. The standard InChI is InChI=1S/C8H11N3O3/c9-8(13)11-6-5-10-2-1-7(6)14-4-3-12/h1-2,5,12H,3-4H2,(H3,9,11,13). The predicted molar refractivity (Wildman–Crippen MR) is 50.0 cm³/mol. The molecule has 0 aliphatic carbocycles. The Kier molecular flexibility index (Phi) is 3.69. The molecule has 2 amide bonds. The number of aliphatic hydroxyl groups excluding tert-OH is 1. The van der Waals surface area contributed by atoms with Gasteiger partial charge in [-0.05, 0) is 0 Å². The molecule has 0 unspecified atom stereocenters. The van der Waals surface area contributed by atoms with Gasteiger partial charge in [-0.1, -0.05) is 0 Å². The van der Waals surface area contributed by atoms with Gasteiger partial charge in [-0.2, -0.15) is 0 Å². The van der Waals surface area contributed by atoms with Crippen LogP contribution >= 0.6 is 0 Å². The van der Waals surface area contributed by atoms with Crippen molar-refractivity contribution in [3.05, 3.63) is 18.5 Å². The number of aliphatic hydroxyl groups is 1. The molecule has 0 fully saturated rings. The normalized spacial score (nSPS) is 9.50. The van der Waals surface area contributed by atoms with Crippen LogP contribution in [0.25, 0.3) is 0 Å². The second-order valence-electron chi connectivity index (χ2n) is 2.43. The molecule has 76 valence electrons. The van der Waals surface area contributed by atoms with Gasteiger partial charge in [0.25, 0.3) is 0 Å². The van der Waals surface area contributed by atoms with E-state index in [0.717, 1.165) is 0 Å². The number of carbonyl (C=O) groups is 1. The molecule has 6 heteroatoms. The number of pyridine rings is 1. The second-order valence-corrected chi connectivity index (χ2v) is 2.43. The number of carbonyl (C=O) groups excluding carboxylic acids is 1. The van der Waals surface area contributed by atoms with E-state index in [1.807, 2.05) is 0 Å². The van der Waals surface area contributed by atoms with Gasteiger partial charge in [-0.25, -0.2) is 4.79 Å². The second kappa shape index (κ2) is 5.03. The zero-order chi connectivity index (χ0) is 10.4. The molecule has 0 bridgehead atoms. The fourth-order valence-electron chi connectivity index (χ4n) is 0.890. The van der Waals surface area contributed by atoms with Gasteiger partial charge in [-0.3, -0.25) is 4.98 Å². The third-order valence-corrected chi connectivity index (χ3v) is 1.39. The van der Waals surface area contributed by atoms with Crippen LogP contribution in [0.2, 0.25) is 0 Å². The molecule has 6 nitrogen and oxygen atoms in total. The highest BCUT2D eigenvalue weighted by molar-refractivity contribution is 5.89. The number of urea groups is 1. The molecular weight excluding hydrogens is 186 g/mol. The first-order valence-corrected chi connectivity index (χ1v) is 3.98. The molecule has 0 atom stereocenters. The van der Waals surface area contributed by atoms with E-state index >= 15 is 0 Å². The number of amides is 2. The number of hydrogen-bond acceptors (Lipinski definition) is 4. The first-order chi connectivity index (χ1) is 6.74. The summed E-state index contributed by atoms with van der Waals surface area (Å²) in [5.41, 5.74) is 5.32. The third-order valence-electron chi connectivity index (χ3n) is 1.39. The maximum absolute atomic E-state index is 10.6. The van der Waals surface area contributed by atoms with Crippen molar-refractivity contribution in [2.45, 2.75) is 0 Å². The first kappa shape index (κ1) is 10.3. The smallest absolute Gasteiger partial charge is 0.316 e. The Bertz CT molecular complexity index is 316. The summed E-state index contributed by atoms with van der Waals surface area (Å²) >= 11 is 0. The van der Waals surface area contributed by atoms with Crippen molar-refractivity contribution in [1.29, 1.82) is 0 Å². The molecule has 0 saturated heterocycles. The number of hydrogen-bond donors (Lipinski definition) is 3. The van der Waals surface area contributed by atoms with E-state index in [1.165, 1.54) is 12.4 Å². The molecular formula is C8H11N3O3. The molecule has 0 aromatic carbocycles. The fourth-order valence-corrected chi connectivity index (χ4v) is 0.890. The summed E-state index contributed by atoms with van der Waals surface area (Å²) < 4.78 is 5.13. The minimum atomic E-state index is -0.688. The van der Waals surface area contributed by atoms with Crippen molar-refractivity contribution in [2.75, 3.05) is 18.5 Å². The van der Waals surface area contributed by atoms with Crippen LogP contribution in [0.3, 0.4) is 0 Å². The maximum atomic E-state index is 10.6. The van der Waals surface area contributed by atoms with E-state index in [0.29, 0.717) is 11.4 Å². The van der Waals surface area contributed by atoms with E-state index in [1.54, 1.807) is 6.07 Å². The predicted octanol–water partition coefficient (Wildman–Crippen LogP) is -0.0567. The minimum absolute atomic E-state index is 0.0989. The van der Waals surface area contributed by atoms with Crippen molar-refractivity contribution < 1.29 is 14.6 Å². The molecule has 0 radical (unpaired) electrons. The zero-order valence-electron chi connectivity index (χ0n) is 7.43. The number of primary amides is 1. The Morgan fingerprint density at radius 1 is 1.71 bits per heavy atom. The molecule has 0 spiro atoms. The monoisotopic (exact) mass is 197 g/mol. The van der Waals surface area contributed by atoms with Crippen LogP contribution in [0.4, 0.5) is 10.5 Å². The lowest BCUT2D eigenvalue weighted by molar-refractivity contribution is 0.202. The zero-order valence-corrected chi connectivity index (χ0v) is 7.43. The lowest BCUT2D eigenvalue weighted by atomic mass is 10.4. The molecule has 14 heavy (non-hydrogen) atoms. The van der Waals surface area contributed by atoms with Crippen molar-refractivity contribution in [3.8, 4) is 5.75 Å². The van der Waals surface area contributed by atoms with Crippen LogP contribution in [0.15, 0.2) is 18.5 Å². The number of rotatable bonds is 4. The van der Waals surface area contributed by atoms with Gasteiger partial charge in [-0.15, -0.1) is 0 Å². The number of nitrogens with two attached hydrogens (primary N) is 1. The maximum Gasteiger partial charge on any atom is 0.316 e. The third kappa shape index (κ3) is 2.91. The van der Waals surface area contributed by atoms with Gasteiger partial charge in [0, 0.05) is 12.3 Å². The van der Waals surface area contributed by atoms with E-state index in [9.17, 15) is 4.79 Å². The Balaban J connectivity index is 2.74. The lowest BCUT2D eigenvalue weighted by Gasteiger charge is -2.09. The molecule has 0 aliphatic rings. The Morgan fingerprint density at radius 3 is 3.14 bits per heavy atom. The average molecular weight is 197 g/mol. The summed E-state index contributed by atoms with van der Waals surface area (Å²) in [6.45, 7) is 0.0514. The summed E-state index contributed by atoms with van der Waals surface area (Å²) in [4.78, 5) is 14.4. The van der Waals surface area contributed by atoms with E-state index < -0.39 is 6.03 Å². The Hall–Kier alpha value is -1.82. The number of nitrogens with one attached hydrogen (secondary N) is 1. The van der Waals surface area contributed by atoms with Crippen LogP contribution in [0.1, 0.15) is 0 Å². The molecule has 1 heterocycles. The topological polar surface area (TPSA) is 97.5 Å². The van der Waals surface area contributed by atoms with Crippen molar-refractivity contribution >= 4 is 11.7 Å². The van der Waals surface area contributed by atoms with E-state index in [4.69, 9.17) is 15.6 Å². The molecule has 1 aromatic rings. The highest BCUT2D eigenvalue weighted by Gasteiger charge is 2.04. The summed E-state index contributed by atoms with van der Waals surface area (Å²) in [6, 6.07) is 0.882.